The average molecular weight is 428 g/mol. The summed E-state index contributed by atoms with van der Waals surface area (Å²) in [5, 5.41) is 8.83. The van der Waals surface area contributed by atoms with Gasteiger partial charge in [0, 0.05) is 29.1 Å². The van der Waals surface area contributed by atoms with E-state index in [1.165, 1.54) is 32.1 Å². The van der Waals surface area contributed by atoms with Crippen molar-refractivity contribution in [2.75, 3.05) is 0 Å². The van der Waals surface area contributed by atoms with Crippen LogP contribution in [0.15, 0.2) is 30.7 Å². The molecule has 0 unspecified atom stereocenters. The highest BCUT2D eigenvalue weighted by Crippen LogP contribution is 2.38. The van der Waals surface area contributed by atoms with E-state index in [4.69, 9.17) is 0 Å². The molecule has 0 aliphatic heterocycles. The Balaban J connectivity index is 1.53. The fourth-order valence-electron chi connectivity index (χ4n) is 4.67. The molecule has 1 amide bonds. The Morgan fingerprint density at radius 1 is 1.09 bits per heavy atom. The molecule has 2 saturated carbocycles. The highest BCUT2D eigenvalue weighted by Gasteiger charge is 2.26. The van der Waals surface area contributed by atoms with Crippen LogP contribution in [-0.4, -0.2) is 31.7 Å². The lowest BCUT2D eigenvalue weighted by Crippen LogP contribution is -2.36. The minimum absolute atomic E-state index is 0.0398. The number of benzene rings is 1. The SMILES string of the molecule is CC#Cc1ccc(C(=O)NC2CCCCC2)c2c1cnn2[C@H](C)c1cnc(C2CC2)cn1. The van der Waals surface area contributed by atoms with Crippen molar-refractivity contribution in [2.24, 2.45) is 0 Å². The molecule has 0 radical (unpaired) electrons. The smallest absolute Gasteiger partial charge is 0.253 e. The van der Waals surface area contributed by atoms with Gasteiger partial charge in [-0.05, 0) is 51.7 Å². The van der Waals surface area contributed by atoms with Crippen LogP contribution >= 0.6 is 0 Å². The van der Waals surface area contributed by atoms with E-state index in [1.54, 1.807) is 0 Å². The second kappa shape index (κ2) is 8.74. The van der Waals surface area contributed by atoms with Gasteiger partial charge in [0.05, 0.1) is 40.9 Å². The number of hydrogen-bond acceptors (Lipinski definition) is 4. The lowest BCUT2D eigenvalue weighted by atomic mass is 9.95. The number of hydrogen-bond donors (Lipinski definition) is 1. The molecule has 6 nitrogen and oxygen atoms in total. The highest BCUT2D eigenvalue weighted by atomic mass is 16.1. The Morgan fingerprint density at radius 3 is 2.59 bits per heavy atom. The molecular formula is C26H29N5O. The van der Waals surface area contributed by atoms with Gasteiger partial charge in [-0.15, -0.1) is 5.92 Å². The molecule has 3 aromatic rings. The van der Waals surface area contributed by atoms with Gasteiger partial charge in [0.15, 0.2) is 0 Å². The quantitative estimate of drug-likeness (QED) is 0.597. The number of nitrogens with one attached hydrogen (secondary N) is 1. The van der Waals surface area contributed by atoms with E-state index in [-0.39, 0.29) is 18.0 Å². The van der Waals surface area contributed by atoms with Crippen molar-refractivity contribution >= 4 is 16.8 Å². The van der Waals surface area contributed by atoms with Crippen LogP contribution in [0, 0.1) is 11.8 Å². The second-order valence-electron chi connectivity index (χ2n) is 9.01. The van der Waals surface area contributed by atoms with E-state index in [0.29, 0.717) is 11.5 Å². The van der Waals surface area contributed by atoms with Gasteiger partial charge in [-0.25, -0.2) is 0 Å². The topological polar surface area (TPSA) is 72.7 Å². The summed E-state index contributed by atoms with van der Waals surface area (Å²) >= 11 is 0. The van der Waals surface area contributed by atoms with Crippen LogP contribution in [0.5, 0.6) is 0 Å². The van der Waals surface area contributed by atoms with Crippen molar-refractivity contribution in [3.8, 4) is 11.8 Å². The summed E-state index contributed by atoms with van der Waals surface area (Å²) in [6.07, 6.45) is 13.7. The first-order valence-corrected chi connectivity index (χ1v) is 11.7. The Labute approximate surface area is 188 Å². The van der Waals surface area contributed by atoms with Gasteiger partial charge in [0.25, 0.3) is 5.91 Å². The summed E-state index contributed by atoms with van der Waals surface area (Å²) in [5.41, 5.74) is 4.23. The highest BCUT2D eigenvalue weighted by molar-refractivity contribution is 6.07. The van der Waals surface area contributed by atoms with Crippen LogP contribution in [0.4, 0.5) is 0 Å². The summed E-state index contributed by atoms with van der Waals surface area (Å²) in [5.74, 6) is 6.66. The minimum atomic E-state index is -0.153. The molecule has 5 rings (SSSR count). The molecule has 2 aliphatic rings. The molecule has 32 heavy (non-hydrogen) atoms. The average Bonchev–Trinajstić information content (AvgIpc) is 3.58. The Bertz CT molecular complexity index is 1190. The van der Waals surface area contributed by atoms with Gasteiger partial charge in [0.2, 0.25) is 0 Å². The lowest BCUT2D eigenvalue weighted by molar-refractivity contribution is 0.0929. The first-order chi connectivity index (χ1) is 15.7. The van der Waals surface area contributed by atoms with Crippen molar-refractivity contribution in [3.05, 3.63) is 53.2 Å². The maximum absolute atomic E-state index is 13.3. The van der Waals surface area contributed by atoms with E-state index >= 15 is 0 Å². The lowest BCUT2D eigenvalue weighted by Gasteiger charge is -2.23. The Kier molecular flexibility index (Phi) is 5.65. The van der Waals surface area contributed by atoms with Crippen molar-refractivity contribution < 1.29 is 4.79 Å². The van der Waals surface area contributed by atoms with Crippen LogP contribution in [0.25, 0.3) is 10.9 Å². The summed E-state index contributed by atoms with van der Waals surface area (Å²) in [6, 6.07) is 3.90. The zero-order chi connectivity index (χ0) is 22.1. The van der Waals surface area contributed by atoms with E-state index < -0.39 is 0 Å². The van der Waals surface area contributed by atoms with E-state index in [9.17, 15) is 4.79 Å². The molecule has 6 heteroatoms. The molecular weight excluding hydrogens is 398 g/mol. The molecule has 2 heterocycles. The van der Waals surface area contributed by atoms with Crippen molar-refractivity contribution in [1.29, 1.82) is 0 Å². The standard InChI is InChI=1S/C26H29N5O/c1-3-7-18-12-13-21(26(32)30-20-8-5-4-6-9-20)25-22(18)14-29-31(25)17(2)23-15-28-24(16-27-23)19-10-11-19/h12-17,19-20H,4-6,8-11H2,1-2H3,(H,30,32)/t17-/m1/s1. The number of fused-ring (bicyclic) bond motifs is 1. The molecule has 2 aromatic heterocycles. The predicted molar refractivity (Wildman–Crippen MR) is 124 cm³/mol. The molecule has 1 atom stereocenters. The first kappa shape index (κ1) is 20.7. The minimum Gasteiger partial charge on any atom is -0.349 e. The van der Waals surface area contributed by atoms with Gasteiger partial charge < -0.3 is 5.32 Å². The Morgan fingerprint density at radius 2 is 1.91 bits per heavy atom. The van der Waals surface area contributed by atoms with Gasteiger partial charge in [-0.1, -0.05) is 25.2 Å². The van der Waals surface area contributed by atoms with Crippen molar-refractivity contribution in [2.45, 2.75) is 76.8 Å². The second-order valence-corrected chi connectivity index (χ2v) is 9.01. The third kappa shape index (κ3) is 4.00. The maximum Gasteiger partial charge on any atom is 0.253 e. The Hall–Kier alpha value is -3.20. The molecule has 0 saturated heterocycles. The maximum atomic E-state index is 13.3. The largest absolute Gasteiger partial charge is 0.349 e. The molecule has 1 N–H and O–H groups in total. The number of carbonyl (C=O) groups excluding carboxylic acids is 1. The fourth-order valence-corrected chi connectivity index (χ4v) is 4.67. The third-order valence-corrected chi connectivity index (χ3v) is 6.68. The van der Waals surface area contributed by atoms with Gasteiger partial charge >= 0.3 is 0 Å². The molecule has 0 bridgehead atoms. The number of nitrogens with zero attached hydrogens (tertiary/aromatic N) is 4. The zero-order valence-electron chi connectivity index (χ0n) is 18.8. The summed E-state index contributed by atoms with van der Waals surface area (Å²) in [7, 11) is 0. The van der Waals surface area contributed by atoms with Crippen molar-refractivity contribution in [3.63, 3.8) is 0 Å². The van der Waals surface area contributed by atoms with E-state index in [2.05, 4.69) is 32.2 Å². The summed E-state index contributed by atoms with van der Waals surface area (Å²) < 4.78 is 1.90. The normalized spacial score (nSPS) is 17.6. The summed E-state index contributed by atoms with van der Waals surface area (Å²) in [4.78, 5) is 22.6. The number of amides is 1. The van der Waals surface area contributed by atoms with E-state index in [1.807, 2.05) is 49.3 Å². The molecule has 1 aromatic carbocycles. The van der Waals surface area contributed by atoms with Crippen LogP contribution in [-0.2, 0) is 0 Å². The van der Waals surface area contributed by atoms with Crippen LogP contribution in [0.3, 0.4) is 0 Å². The van der Waals surface area contributed by atoms with Gasteiger partial charge in [-0.2, -0.15) is 5.10 Å². The molecule has 0 spiro atoms. The van der Waals surface area contributed by atoms with Gasteiger partial charge in [0.1, 0.15) is 0 Å². The van der Waals surface area contributed by atoms with Crippen LogP contribution < -0.4 is 5.32 Å². The fraction of sp³-hybridized carbons (Fsp3) is 0.462. The number of rotatable bonds is 5. The van der Waals surface area contributed by atoms with E-state index in [0.717, 1.165) is 40.7 Å². The van der Waals surface area contributed by atoms with Crippen LogP contribution in [0.2, 0.25) is 0 Å². The monoisotopic (exact) mass is 427 g/mol. The number of aromatic nitrogens is 4. The summed E-state index contributed by atoms with van der Waals surface area (Å²) in [6.45, 7) is 3.87. The van der Waals surface area contributed by atoms with Gasteiger partial charge in [-0.3, -0.25) is 19.4 Å². The third-order valence-electron chi connectivity index (χ3n) is 6.68. The molecule has 2 fully saturated rings. The molecule has 164 valence electrons. The zero-order valence-corrected chi connectivity index (χ0v) is 18.8. The predicted octanol–water partition coefficient (Wildman–Crippen LogP) is 4.75. The number of carbonyl (C=O) groups is 1. The van der Waals surface area contributed by atoms with Crippen molar-refractivity contribution in [1.82, 2.24) is 25.1 Å². The first-order valence-electron chi connectivity index (χ1n) is 11.7. The molecule has 2 aliphatic carbocycles. The van der Waals surface area contributed by atoms with Crippen LogP contribution in [0.1, 0.15) is 98.1 Å².